The van der Waals surface area contributed by atoms with E-state index in [1.807, 2.05) is 6.92 Å². The molecular weight excluding hydrogens is 188 g/mol. The maximum absolute atomic E-state index is 11.5. The van der Waals surface area contributed by atoms with E-state index in [0.29, 0.717) is 5.41 Å². The third-order valence-corrected chi connectivity index (χ3v) is 3.33. The largest absolute Gasteiger partial charge is 0.355 e. The van der Waals surface area contributed by atoms with Gasteiger partial charge in [0.2, 0.25) is 5.91 Å². The highest BCUT2D eigenvalue weighted by Crippen LogP contribution is 2.50. The maximum atomic E-state index is 11.5. The predicted octanol–water partition coefficient (Wildman–Crippen LogP) is 1.54. The summed E-state index contributed by atoms with van der Waals surface area (Å²) in [7, 11) is 0. The van der Waals surface area contributed by atoms with Crippen LogP contribution in [-0.4, -0.2) is 25.0 Å². The van der Waals surface area contributed by atoms with Gasteiger partial charge in [-0.1, -0.05) is 20.8 Å². The van der Waals surface area contributed by atoms with Crippen molar-refractivity contribution in [3.63, 3.8) is 0 Å². The van der Waals surface area contributed by atoms with E-state index < -0.39 is 0 Å². The van der Waals surface area contributed by atoms with Crippen LogP contribution in [0.4, 0.5) is 0 Å². The van der Waals surface area contributed by atoms with Gasteiger partial charge in [0, 0.05) is 6.54 Å². The zero-order chi connectivity index (χ0) is 11.5. The van der Waals surface area contributed by atoms with E-state index in [2.05, 4.69) is 31.4 Å². The molecule has 0 saturated heterocycles. The minimum absolute atomic E-state index is 0.0621. The number of nitrogens with one attached hydrogen (secondary N) is 2. The molecule has 88 valence electrons. The fourth-order valence-electron chi connectivity index (χ4n) is 1.74. The zero-order valence-electron chi connectivity index (χ0n) is 10.4. The summed E-state index contributed by atoms with van der Waals surface area (Å²) >= 11 is 0. The lowest BCUT2D eigenvalue weighted by Gasteiger charge is -2.14. The second kappa shape index (κ2) is 4.97. The van der Waals surface area contributed by atoms with Gasteiger partial charge in [0.05, 0.1) is 6.04 Å². The average Bonchev–Trinajstić information content (AvgIpc) is 2.79. The summed E-state index contributed by atoms with van der Waals surface area (Å²) in [6.45, 7) is 10.3. The van der Waals surface area contributed by atoms with Crippen LogP contribution in [0.3, 0.4) is 0 Å². The minimum Gasteiger partial charge on any atom is -0.355 e. The molecule has 3 heteroatoms. The number of rotatable bonds is 6. The van der Waals surface area contributed by atoms with Crippen molar-refractivity contribution in [1.29, 1.82) is 0 Å². The van der Waals surface area contributed by atoms with E-state index in [9.17, 15) is 4.79 Å². The highest BCUT2D eigenvalue weighted by atomic mass is 16.2. The molecule has 0 aromatic carbocycles. The summed E-state index contributed by atoms with van der Waals surface area (Å²) < 4.78 is 0. The molecular formula is C12H24N2O. The van der Waals surface area contributed by atoms with Gasteiger partial charge in [0.25, 0.3) is 0 Å². The van der Waals surface area contributed by atoms with Crippen molar-refractivity contribution >= 4 is 5.91 Å². The SMILES string of the molecule is CCCNC(=O)C(C)NCC1CC1(C)C. The van der Waals surface area contributed by atoms with E-state index >= 15 is 0 Å². The molecule has 0 radical (unpaired) electrons. The van der Waals surface area contributed by atoms with Crippen LogP contribution in [0.25, 0.3) is 0 Å². The van der Waals surface area contributed by atoms with Gasteiger partial charge < -0.3 is 10.6 Å². The first-order valence-electron chi connectivity index (χ1n) is 5.98. The first-order chi connectivity index (χ1) is 6.97. The molecule has 0 spiro atoms. The number of hydrogen-bond donors (Lipinski definition) is 2. The Labute approximate surface area is 93.0 Å². The maximum Gasteiger partial charge on any atom is 0.236 e. The van der Waals surface area contributed by atoms with E-state index in [1.54, 1.807) is 0 Å². The lowest BCUT2D eigenvalue weighted by molar-refractivity contribution is -0.122. The molecule has 1 aliphatic rings. The zero-order valence-corrected chi connectivity index (χ0v) is 10.4. The number of carbonyl (C=O) groups excluding carboxylic acids is 1. The molecule has 0 heterocycles. The second-order valence-corrected chi connectivity index (χ2v) is 5.31. The van der Waals surface area contributed by atoms with Gasteiger partial charge in [-0.3, -0.25) is 4.79 Å². The van der Waals surface area contributed by atoms with Crippen LogP contribution < -0.4 is 10.6 Å². The Hall–Kier alpha value is -0.570. The Morgan fingerprint density at radius 1 is 1.53 bits per heavy atom. The van der Waals surface area contributed by atoms with Gasteiger partial charge in [0.1, 0.15) is 0 Å². The minimum atomic E-state index is -0.0621. The van der Waals surface area contributed by atoms with Gasteiger partial charge in [-0.05, 0) is 37.6 Å². The lowest BCUT2D eigenvalue weighted by Crippen LogP contribution is -2.43. The summed E-state index contributed by atoms with van der Waals surface area (Å²) in [4.78, 5) is 11.5. The smallest absolute Gasteiger partial charge is 0.236 e. The third-order valence-electron chi connectivity index (χ3n) is 3.33. The highest BCUT2D eigenvalue weighted by Gasteiger charge is 2.45. The Morgan fingerprint density at radius 2 is 2.13 bits per heavy atom. The van der Waals surface area contributed by atoms with Crippen LogP contribution in [-0.2, 0) is 4.79 Å². The van der Waals surface area contributed by atoms with Gasteiger partial charge in [0.15, 0.2) is 0 Å². The Balaban J connectivity index is 2.13. The van der Waals surface area contributed by atoms with E-state index in [0.717, 1.165) is 25.4 Å². The quantitative estimate of drug-likeness (QED) is 0.701. The summed E-state index contributed by atoms with van der Waals surface area (Å²) in [5.74, 6) is 0.870. The molecule has 1 fully saturated rings. The Morgan fingerprint density at radius 3 is 2.60 bits per heavy atom. The molecule has 3 nitrogen and oxygen atoms in total. The van der Waals surface area contributed by atoms with Crippen molar-refractivity contribution in [1.82, 2.24) is 10.6 Å². The average molecular weight is 212 g/mol. The number of hydrogen-bond acceptors (Lipinski definition) is 2. The molecule has 1 aliphatic carbocycles. The third kappa shape index (κ3) is 3.82. The van der Waals surface area contributed by atoms with Gasteiger partial charge in [-0.2, -0.15) is 0 Å². The van der Waals surface area contributed by atoms with E-state index in [-0.39, 0.29) is 11.9 Å². The van der Waals surface area contributed by atoms with Crippen LogP contribution >= 0.6 is 0 Å². The second-order valence-electron chi connectivity index (χ2n) is 5.31. The Bertz CT molecular complexity index is 226. The molecule has 1 saturated carbocycles. The molecule has 1 amide bonds. The molecule has 0 bridgehead atoms. The van der Waals surface area contributed by atoms with Crippen molar-refractivity contribution < 1.29 is 4.79 Å². The lowest BCUT2D eigenvalue weighted by atomic mass is 10.1. The van der Waals surface area contributed by atoms with E-state index in [4.69, 9.17) is 0 Å². The van der Waals surface area contributed by atoms with Crippen LogP contribution in [0.1, 0.15) is 40.5 Å². The van der Waals surface area contributed by atoms with Crippen LogP contribution in [0.2, 0.25) is 0 Å². The van der Waals surface area contributed by atoms with Crippen molar-refractivity contribution in [2.45, 2.75) is 46.6 Å². The highest BCUT2D eigenvalue weighted by molar-refractivity contribution is 5.81. The summed E-state index contributed by atoms with van der Waals surface area (Å²) in [5.41, 5.74) is 0.493. The topological polar surface area (TPSA) is 41.1 Å². The predicted molar refractivity (Wildman–Crippen MR) is 62.7 cm³/mol. The van der Waals surface area contributed by atoms with Crippen LogP contribution in [0.5, 0.6) is 0 Å². The summed E-state index contributed by atoms with van der Waals surface area (Å²) in [6.07, 6.45) is 2.28. The van der Waals surface area contributed by atoms with Gasteiger partial charge >= 0.3 is 0 Å². The monoisotopic (exact) mass is 212 g/mol. The standard InChI is InChI=1S/C12H24N2O/c1-5-6-13-11(15)9(2)14-8-10-7-12(10,3)4/h9-10,14H,5-8H2,1-4H3,(H,13,15). The number of carbonyl (C=O) groups is 1. The first-order valence-corrected chi connectivity index (χ1v) is 5.98. The van der Waals surface area contributed by atoms with Gasteiger partial charge in [-0.15, -0.1) is 0 Å². The Kier molecular flexibility index (Phi) is 4.14. The molecule has 0 aromatic heterocycles. The molecule has 15 heavy (non-hydrogen) atoms. The number of amides is 1. The normalized spacial score (nSPS) is 24.7. The fraction of sp³-hybridized carbons (Fsp3) is 0.917. The van der Waals surface area contributed by atoms with Crippen molar-refractivity contribution in [2.24, 2.45) is 11.3 Å². The van der Waals surface area contributed by atoms with Crippen LogP contribution in [0, 0.1) is 11.3 Å². The van der Waals surface area contributed by atoms with E-state index in [1.165, 1.54) is 6.42 Å². The van der Waals surface area contributed by atoms with Gasteiger partial charge in [-0.25, -0.2) is 0 Å². The molecule has 2 N–H and O–H groups in total. The van der Waals surface area contributed by atoms with Crippen LogP contribution in [0.15, 0.2) is 0 Å². The molecule has 0 aliphatic heterocycles. The first kappa shape index (κ1) is 12.5. The summed E-state index contributed by atoms with van der Waals surface area (Å²) in [6, 6.07) is -0.0621. The van der Waals surface area contributed by atoms with Crippen molar-refractivity contribution in [3.8, 4) is 0 Å². The summed E-state index contributed by atoms with van der Waals surface area (Å²) in [5, 5.41) is 6.19. The molecule has 1 rings (SSSR count). The van der Waals surface area contributed by atoms with Crippen molar-refractivity contribution in [3.05, 3.63) is 0 Å². The molecule has 0 aromatic rings. The molecule has 2 atom stereocenters. The molecule has 2 unspecified atom stereocenters. The fourth-order valence-corrected chi connectivity index (χ4v) is 1.74. The van der Waals surface area contributed by atoms with Crippen molar-refractivity contribution in [2.75, 3.05) is 13.1 Å².